The summed E-state index contributed by atoms with van der Waals surface area (Å²) in [5.74, 6) is 2.82. The zero-order valence-electron chi connectivity index (χ0n) is 78.1. The first-order chi connectivity index (χ1) is 70.4. The molecule has 0 N–H and O–H groups in total. The number of nitrogens with zero attached hydrogens (tertiary/aromatic N) is 6. The molecule has 3 heterocycles. The van der Waals surface area contributed by atoms with Gasteiger partial charge in [0, 0.05) is 33.8 Å². The second-order valence-electron chi connectivity index (χ2n) is 36.4. The van der Waals surface area contributed by atoms with Crippen LogP contribution in [0.2, 0.25) is 0 Å². The van der Waals surface area contributed by atoms with Gasteiger partial charge in [-0.25, -0.2) is 15.0 Å². The summed E-state index contributed by atoms with van der Waals surface area (Å²) in [4.78, 5) is 15.2. The lowest BCUT2D eigenvalue weighted by Crippen LogP contribution is -1.98. The second-order valence-corrected chi connectivity index (χ2v) is 36.4. The Kier molecular flexibility index (Phi) is 22.2. The van der Waals surface area contributed by atoms with Crippen LogP contribution in [-0.2, 0) is 0 Å². The Morgan fingerprint density at radius 2 is 0.324 bits per heavy atom. The van der Waals surface area contributed by atoms with Crippen molar-refractivity contribution in [3.8, 4) is 151 Å². The predicted octanol–water partition coefficient (Wildman–Crippen LogP) is 36.3. The van der Waals surface area contributed by atoms with Crippen LogP contribution in [0.5, 0.6) is 0 Å². The number of hydrogen-bond donors (Lipinski definition) is 0. The molecule has 0 aliphatic rings. The van der Waals surface area contributed by atoms with E-state index in [2.05, 4.69) is 548 Å². The van der Waals surface area contributed by atoms with Crippen molar-refractivity contribution in [3.63, 3.8) is 0 Å². The first-order valence-electron chi connectivity index (χ1n) is 48.6. The van der Waals surface area contributed by atoms with Crippen molar-refractivity contribution < 1.29 is 0 Å². The topological polar surface area (TPSA) is 53.5 Å². The molecule has 0 saturated heterocycles. The number of benzene rings is 24. The second kappa shape index (κ2) is 37.0. The molecule has 24 aromatic carbocycles. The highest BCUT2D eigenvalue weighted by molar-refractivity contribution is 6.25. The van der Waals surface area contributed by atoms with E-state index < -0.39 is 0 Å². The normalized spacial score (nSPS) is 11.4. The van der Waals surface area contributed by atoms with E-state index in [1.165, 1.54) is 170 Å². The fourth-order valence-electron chi connectivity index (χ4n) is 21.3. The van der Waals surface area contributed by atoms with Crippen LogP contribution in [0.1, 0.15) is 5.56 Å². The Labute approximate surface area is 824 Å². The largest absolute Gasteiger partial charge is 0.292 e. The molecule has 0 fully saturated rings. The van der Waals surface area contributed by atoms with Gasteiger partial charge in [-0.05, 0) is 257 Å². The van der Waals surface area contributed by atoms with Crippen molar-refractivity contribution in [2.24, 2.45) is 0 Å². The molecule has 142 heavy (non-hydrogen) atoms. The van der Waals surface area contributed by atoms with Crippen LogP contribution in [0.25, 0.3) is 249 Å². The molecule has 0 aliphatic heterocycles. The maximum absolute atomic E-state index is 5.10. The summed E-state index contributed by atoms with van der Waals surface area (Å²) in [6.45, 7) is 2.18. The van der Waals surface area contributed by atoms with Gasteiger partial charge in [-0.15, -0.1) is 0 Å². The third kappa shape index (κ3) is 15.7. The minimum absolute atomic E-state index is 0.934. The molecule has 0 amide bonds. The SMILES string of the molecule is Cc1ccc2c(-c3ccccc3)c3ccccc3c(-c3ccc(-n4c(-c5ccccc5)nc5ccccc54)cc3)c2c1.c1ccc(-c2ccc(-c3c4ccccc4c(-c4ccccc4)c4cc(-c5ccc(-c6nc7ccccc7n6-c6ccccc6)cc5)ccc34)cc2)cc1.c1ccc(-c2ccc3c(-c4ccccc4)c4ccccc4c(-c4ccc(-n5c(-c6ccccc6)nc6ccccc65)cc4)c3c2)cc1. The van der Waals surface area contributed by atoms with Gasteiger partial charge in [-0.2, -0.15) is 0 Å². The summed E-state index contributed by atoms with van der Waals surface area (Å²) in [6, 6.07) is 193. The Morgan fingerprint density at radius 1 is 0.134 bits per heavy atom. The predicted molar refractivity (Wildman–Crippen MR) is 598 cm³/mol. The molecular weight excluding hydrogens is 1720 g/mol. The van der Waals surface area contributed by atoms with Crippen molar-refractivity contribution in [1.82, 2.24) is 28.7 Å². The van der Waals surface area contributed by atoms with Gasteiger partial charge in [0.25, 0.3) is 0 Å². The van der Waals surface area contributed by atoms with Crippen LogP contribution < -0.4 is 0 Å². The van der Waals surface area contributed by atoms with Crippen LogP contribution in [0.3, 0.4) is 0 Å². The fraction of sp³-hybridized carbons (Fsp3) is 0.00735. The van der Waals surface area contributed by atoms with E-state index in [-0.39, 0.29) is 0 Å². The average Bonchev–Trinajstić information content (AvgIpc) is 1.19. The van der Waals surface area contributed by atoms with Crippen LogP contribution in [-0.4, -0.2) is 28.7 Å². The van der Waals surface area contributed by atoms with E-state index in [1.54, 1.807) is 0 Å². The van der Waals surface area contributed by atoms with Gasteiger partial charge in [0.1, 0.15) is 17.5 Å². The Bertz CT molecular complexity index is 9370. The summed E-state index contributed by atoms with van der Waals surface area (Å²) in [7, 11) is 0. The lowest BCUT2D eigenvalue weighted by molar-refractivity contribution is 1.10. The van der Waals surface area contributed by atoms with E-state index in [4.69, 9.17) is 15.0 Å². The molecule has 0 spiro atoms. The number of aromatic nitrogens is 6. The minimum Gasteiger partial charge on any atom is -0.292 e. The van der Waals surface area contributed by atoms with Crippen molar-refractivity contribution in [1.29, 1.82) is 0 Å². The summed E-state index contributed by atoms with van der Waals surface area (Å²) >= 11 is 0. The molecule has 0 aliphatic carbocycles. The minimum atomic E-state index is 0.934. The van der Waals surface area contributed by atoms with Gasteiger partial charge in [0.15, 0.2) is 0 Å². The lowest BCUT2D eigenvalue weighted by atomic mass is 9.84. The Hall–Kier alpha value is -18.8. The van der Waals surface area contributed by atoms with Gasteiger partial charge in [0.2, 0.25) is 0 Å². The van der Waals surface area contributed by atoms with Crippen molar-refractivity contribution in [2.45, 2.75) is 6.92 Å². The molecule has 0 radical (unpaired) electrons. The molecule has 666 valence electrons. The maximum Gasteiger partial charge on any atom is 0.145 e. The maximum atomic E-state index is 5.10. The van der Waals surface area contributed by atoms with E-state index in [9.17, 15) is 0 Å². The number of rotatable bonds is 15. The van der Waals surface area contributed by atoms with Gasteiger partial charge < -0.3 is 0 Å². The monoisotopic (exact) mass is 1810 g/mol. The smallest absolute Gasteiger partial charge is 0.145 e. The first kappa shape index (κ1) is 85.0. The molecular formula is C136H92N6. The molecule has 0 bridgehead atoms. The van der Waals surface area contributed by atoms with E-state index in [0.29, 0.717) is 0 Å². The van der Waals surface area contributed by atoms with E-state index in [0.717, 1.165) is 84.3 Å². The van der Waals surface area contributed by atoms with Crippen LogP contribution >= 0.6 is 0 Å². The summed E-state index contributed by atoms with van der Waals surface area (Å²) < 4.78 is 6.80. The lowest BCUT2D eigenvalue weighted by Gasteiger charge is -2.19. The number of hydrogen-bond acceptors (Lipinski definition) is 3. The van der Waals surface area contributed by atoms with Gasteiger partial charge in [0.05, 0.1) is 33.1 Å². The standard InChI is InChI=1S/C51H34N2.C45H30N2.C40H28N2/c1-4-14-35(15-5-1)36-24-28-39(29-25-36)49-43-20-10-11-21-44(43)50(38-16-6-2-7-17-38)46-34-41(32-33-45(46)49)37-26-30-40(31-27-37)51-52-47-22-12-13-23-48(47)53(51)42-18-8-3-9-19-42;1-4-14-31(15-5-1)35-26-29-39-40(30-35)44(38-21-11-10-20-37(38)43(39)32-16-6-2-7-17-32)33-24-27-36(28-25-33)47-42-23-13-12-22-41(42)46-45(47)34-18-8-3-9-19-34;1-27-20-25-34-35(26-27)39(33-17-9-8-16-32(33)38(34)28-12-4-2-5-13-28)29-21-23-31(24-22-29)42-37-19-11-10-18-36(37)41-40(42)30-14-6-3-7-15-30/h1-34H;1-30H;2-26H,1H3. The van der Waals surface area contributed by atoms with Gasteiger partial charge in [-0.3, -0.25) is 13.7 Å². The van der Waals surface area contributed by atoms with Crippen molar-refractivity contribution >= 4 is 97.7 Å². The molecule has 0 saturated carbocycles. The van der Waals surface area contributed by atoms with Crippen molar-refractivity contribution in [2.75, 3.05) is 0 Å². The first-order valence-corrected chi connectivity index (χ1v) is 48.6. The molecule has 0 unspecified atom stereocenters. The number of aryl methyl sites for hydroxylation is 1. The number of fused-ring (bicyclic) bond motifs is 9. The van der Waals surface area contributed by atoms with Gasteiger partial charge >= 0.3 is 0 Å². The third-order valence-corrected chi connectivity index (χ3v) is 27.9. The summed E-state index contributed by atoms with van der Waals surface area (Å²) in [5, 5.41) is 15.1. The zero-order valence-corrected chi connectivity index (χ0v) is 78.1. The van der Waals surface area contributed by atoms with Crippen LogP contribution in [0, 0.1) is 6.92 Å². The van der Waals surface area contributed by atoms with Crippen LogP contribution in [0.4, 0.5) is 0 Å². The average molecular weight is 1810 g/mol. The molecule has 6 heteroatoms. The van der Waals surface area contributed by atoms with Crippen molar-refractivity contribution in [3.05, 3.63) is 545 Å². The fourth-order valence-corrected chi connectivity index (χ4v) is 21.3. The zero-order chi connectivity index (χ0) is 94.3. The molecule has 3 aromatic heterocycles. The molecule has 27 rings (SSSR count). The summed E-state index contributed by atoms with van der Waals surface area (Å²) in [5.41, 5.74) is 36.1. The highest BCUT2D eigenvalue weighted by Crippen LogP contribution is 2.50. The number of para-hydroxylation sites is 7. The van der Waals surface area contributed by atoms with Gasteiger partial charge in [-0.1, -0.05) is 461 Å². The Morgan fingerprint density at radius 3 is 0.655 bits per heavy atom. The highest BCUT2D eigenvalue weighted by Gasteiger charge is 2.26. The molecule has 6 nitrogen and oxygen atoms in total. The molecule has 0 atom stereocenters. The van der Waals surface area contributed by atoms with E-state index in [1.807, 2.05) is 12.1 Å². The Balaban J connectivity index is 0.000000113. The third-order valence-electron chi connectivity index (χ3n) is 27.9. The van der Waals surface area contributed by atoms with E-state index >= 15 is 0 Å². The highest BCUT2D eigenvalue weighted by atomic mass is 15.1. The molecule has 27 aromatic rings. The summed E-state index contributed by atoms with van der Waals surface area (Å²) in [6.07, 6.45) is 0. The van der Waals surface area contributed by atoms with Crippen LogP contribution in [0.15, 0.2) is 540 Å². The number of imidazole rings is 3. The quantitative estimate of drug-likeness (QED) is 0.0961.